The molecule has 0 aromatic rings. The summed E-state index contributed by atoms with van der Waals surface area (Å²) < 4.78 is 5.10. The van der Waals surface area contributed by atoms with E-state index in [2.05, 4.69) is 32.7 Å². The van der Waals surface area contributed by atoms with Crippen LogP contribution in [0.2, 0.25) is 0 Å². The second kappa shape index (κ2) is 11.9. The predicted octanol–water partition coefficient (Wildman–Crippen LogP) is 2.64. The van der Waals surface area contributed by atoms with Gasteiger partial charge in [-0.1, -0.05) is 34.6 Å². The van der Waals surface area contributed by atoms with Crippen molar-refractivity contribution in [2.24, 2.45) is 5.92 Å². The van der Waals surface area contributed by atoms with Crippen LogP contribution in [0, 0.1) is 5.92 Å². The maximum Gasteiger partial charge on any atom is 0.0594 e. The second-order valence-corrected chi connectivity index (χ2v) is 3.65. The summed E-state index contributed by atoms with van der Waals surface area (Å²) in [5.74, 6) is 0.833. The highest BCUT2D eigenvalue weighted by Gasteiger charge is 2.02. The van der Waals surface area contributed by atoms with E-state index in [-0.39, 0.29) is 0 Å². The summed E-state index contributed by atoms with van der Waals surface area (Å²) in [7, 11) is 2.11. The first kappa shape index (κ1) is 15.4. The van der Waals surface area contributed by atoms with Crippen LogP contribution in [0.1, 0.15) is 34.6 Å². The third-order valence-corrected chi connectivity index (χ3v) is 1.23. The second-order valence-electron chi connectivity index (χ2n) is 3.65. The molecule has 82 valence electrons. The summed E-state index contributed by atoms with van der Waals surface area (Å²) >= 11 is 0. The molecular weight excluding hydrogens is 162 g/mol. The van der Waals surface area contributed by atoms with E-state index in [9.17, 15) is 0 Å². The molecule has 2 heteroatoms. The van der Waals surface area contributed by atoms with Gasteiger partial charge in [-0.15, -0.1) is 0 Å². The minimum absolute atomic E-state index is 0.833. The van der Waals surface area contributed by atoms with Crippen LogP contribution >= 0.6 is 0 Å². The van der Waals surface area contributed by atoms with E-state index in [1.807, 2.05) is 13.8 Å². The fourth-order valence-electron chi connectivity index (χ4n) is 0.655. The van der Waals surface area contributed by atoms with Gasteiger partial charge in [-0.2, -0.15) is 0 Å². The predicted molar refractivity (Wildman–Crippen MR) is 60.2 cm³/mol. The molecule has 0 aliphatic carbocycles. The van der Waals surface area contributed by atoms with Crippen LogP contribution in [0.4, 0.5) is 0 Å². The molecule has 1 rings (SSSR count). The van der Waals surface area contributed by atoms with Crippen molar-refractivity contribution in [2.75, 3.05) is 33.4 Å². The molecule has 0 aromatic heterocycles. The SMILES string of the molecule is CC.CC(C)C.CN1CCOCC1. The summed E-state index contributed by atoms with van der Waals surface area (Å²) in [6.45, 7) is 14.5. The molecule has 1 aliphatic heterocycles. The van der Waals surface area contributed by atoms with Crippen LogP contribution in [0.15, 0.2) is 0 Å². The molecule has 0 amide bonds. The number of ether oxygens (including phenoxy) is 1. The van der Waals surface area contributed by atoms with Crippen LogP contribution in [0.25, 0.3) is 0 Å². The van der Waals surface area contributed by atoms with Crippen LogP contribution in [-0.2, 0) is 4.74 Å². The minimum Gasteiger partial charge on any atom is -0.379 e. The Morgan fingerprint density at radius 1 is 1.00 bits per heavy atom. The van der Waals surface area contributed by atoms with Crippen molar-refractivity contribution < 1.29 is 4.74 Å². The number of hydrogen-bond donors (Lipinski definition) is 0. The Kier molecular flexibility index (Phi) is 14.1. The van der Waals surface area contributed by atoms with Crippen LogP contribution < -0.4 is 0 Å². The van der Waals surface area contributed by atoms with Gasteiger partial charge in [0.1, 0.15) is 0 Å². The highest BCUT2D eigenvalue weighted by Crippen LogP contribution is 1.89. The molecule has 0 atom stereocenters. The summed E-state index contributed by atoms with van der Waals surface area (Å²) in [5.41, 5.74) is 0. The molecule has 0 N–H and O–H groups in total. The number of nitrogens with zero attached hydrogens (tertiary/aromatic N) is 1. The lowest BCUT2D eigenvalue weighted by Crippen LogP contribution is -2.32. The van der Waals surface area contributed by atoms with Crippen molar-refractivity contribution >= 4 is 0 Å². The van der Waals surface area contributed by atoms with Crippen LogP contribution in [-0.4, -0.2) is 38.3 Å². The van der Waals surface area contributed by atoms with Crippen LogP contribution in [0.5, 0.6) is 0 Å². The fourth-order valence-corrected chi connectivity index (χ4v) is 0.655. The summed E-state index contributed by atoms with van der Waals surface area (Å²) in [4.78, 5) is 2.27. The van der Waals surface area contributed by atoms with E-state index in [4.69, 9.17) is 4.74 Å². The van der Waals surface area contributed by atoms with Crippen molar-refractivity contribution in [2.45, 2.75) is 34.6 Å². The van der Waals surface area contributed by atoms with Gasteiger partial charge in [0.2, 0.25) is 0 Å². The first-order valence-corrected chi connectivity index (χ1v) is 5.39. The molecule has 1 fully saturated rings. The van der Waals surface area contributed by atoms with Gasteiger partial charge >= 0.3 is 0 Å². The molecule has 2 nitrogen and oxygen atoms in total. The average Bonchev–Trinajstić information content (AvgIpc) is 2.08. The fraction of sp³-hybridized carbons (Fsp3) is 1.00. The van der Waals surface area contributed by atoms with Gasteiger partial charge in [0, 0.05) is 13.1 Å². The number of rotatable bonds is 0. The highest BCUT2D eigenvalue weighted by atomic mass is 16.5. The molecule has 1 heterocycles. The van der Waals surface area contributed by atoms with Gasteiger partial charge < -0.3 is 9.64 Å². The van der Waals surface area contributed by atoms with Gasteiger partial charge in [-0.3, -0.25) is 0 Å². The van der Waals surface area contributed by atoms with E-state index in [1.54, 1.807) is 0 Å². The summed E-state index contributed by atoms with van der Waals surface area (Å²) in [6.07, 6.45) is 0. The summed E-state index contributed by atoms with van der Waals surface area (Å²) in [5, 5.41) is 0. The lowest BCUT2D eigenvalue weighted by molar-refractivity contribution is 0.0503. The molecule has 1 aliphatic rings. The van der Waals surface area contributed by atoms with Gasteiger partial charge in [-0.25, -0.2) is 0 Å². The quantitative estimate of drug-likeness (QED) is 0.581. The molecule has 0 bridgehead atoms. The van der Waals surface area contributed by atoms with E-state index < -0.39 is 0 Å². The normalized spacial score (nSPS) is 16.8. The maximum absolute atomic E-state index is 5.10. The van der Waals surface area contributed by atoms with E-state index in [1.165, 1.54) is 0 Å². The molecule has 0 radical (unpaired) electrons. The third-order valence-electron chi connectivity index (χ3n) is 1.23. The lowest BCUT2D eigenvalue weighted by atomic mass is 10.3. The Morgan fingerprint density at radius 2 is 1.31 bits per heavy atom. The average molecular weight is 189 g/mol. The Hall–Kier alpha value is -0.0800. The van der Waals surface area contributed by atoms with E-state index in [0.29, 0.717) is 0 Å². The Labute approximate surface area is 84.3 Å². The Bertz CT molecular complexity index is 75.4. The molecule has 1 saturated heterocycles. The van der Waals surface area contributed by atoms with Gasteiger partial charge in [0.15, 0.2) is 0 Å². The minimum atomic E-state index is 0.833. The summed E-state index contributed by atoms with van der Waals surface area (Å²) in [6, 6.07) is 0. The number of likely N-dealkylation sites (N-methyl/N-ethyl adjacent to an activating group) is 1. The molecule has 0 spiro atoms. The van der Waals surface area contributed by atoms with Crippen molar-refractivity contribution in [3.8, 4) is 0 Å². The molecule has 0 unspecified atom stereocenters. The first-order chi connectivity index (χ1) is 6.13. The molecular formula is C11H27NO. The third kappa shape index (κ3) is 18.7. The Balaban J connectivity index is 0. The maximum atomic E-state index is 5.10. The largest absolute Gasteiger partial charge is 0.379 e. The monoisotopic (exact) mass is 189 g/mol. The molecule has 0 aromatic carbocycles. The number of hydrogen-bond acceptors (Lipinski definition) is 2. The van der Waals surface area contributed by atoms with Crippen LogP contribution in [0.3, 0.4) is 0 Å². The molecule has 13 heavy (non-hydrogen) atoms. The topological polar surface area (TPSA) is 12.5 Å². The zero-order chi connectivity index (χ0) is 10.7. The van der Waals surface area contributed by atoms with E-state index >= 15 is 0 Å². The zero-order valence-electron chi connectivity index (χ0n) is 10.3. The number of morpholine rings is 1. The van der Waals surface area contributed by atoms with Gasteiger partial charge in [0.25, 0.3) is 0 Å². The highest BCUT2D eigenvalue weighted by molar-refractivity contribution is 4.53. The standard InChI is InChI=1S/C5H11NO.C4H10.C2H6/c1-6-2-4-7-5-3-6;1-4(2)3;1-2/h2-5H2,1H3;4H,1-3H3;1-2H3. The zero-order valence-corrected chi connectivity index (χ0v) is 10.3. The van der Waals surface area contributed by atoms with Crippen molar-refractivity contribution in [3.63, 3.8) is 0 Å². The smallest absolute Gasteiger partial charge is 0.0594 e. The first-order valence-electron chi connectivity index (χ1n) is 5.39. The Morgan fingerprint density at radius 3 is 1.46 bits per heavy atom. The molecule has 0 saturated carbocycles. The van der Waals surface area contributed by atoms with Crippen molar-refractivity contribution in [1.29, 1.82) is 0 Å². The van der Waals surface area contributed by atoms with Crippen molar-refractivity contribution in [3.05, 3.63) is 0 Å². The van der Waals surface area contributed by atoms with Gasteiger partial charge in [0.05, 0.1) is 13.2 Å². The van der Waals surface area contributed by atoms with Crippen molar-refractivity contribution in [1.82, 2.24) is 4.90 Å². The van der Waals surface area contributed by atoms with Gasteiger partial charge in [-0.05, 0) is 13.0 Å². The lowest BCUT2D eigenvalue weighted by Gasteiger charge is -2.21. The van der Waals surface area contributed by atoms with E-state index in [0.717, 1.165) is 32.2 Å².